The SMILES string of the molecule is CC.CC(=O)CCCCCN(N)/C=C(/C)N.CCC(C)C([C-]=O)CCCN=C(N)N.CCCc1ccc(C)cc1.CNC(C(C)=O)C(C)C.O=CCNC=O.[CH2-]C(=O)NC(C)CC(=O)O.[Na+]. The standard InChI is InChI=1S/C10H21N3O.C10H20N3O.C10H14.C7H15NO.C6H10NO3.C3H5NO2.C2H6.Na/c1-9(11)8-13(12)7-5-3-4-6-10(2)14;1-3-8(2)9(7-14)5-4-6-13-10(11)12;1-3-4-10-7-5-9(2)6-8-10;1-5(2)7(8-4)6(3)9;1-4(3-6(9)10)7-5(2)8;5-2-1-4-3-6;1-2;/h8H,3-7,11-12H2,1-2H3;8-9H,3-6H2,1-2H3,(H4,11,12,13);5-8H,3-4H2,1-2H3;5,7-8H,1-4H3;4H,2-3H2,1H3,(H,7,8)(H,9,10);2-3H,1H2,(H,4,6);1-2H3;/q;-1;;;-1;;;+1/b9-8-;;;;;;;. The predicted octanol–water partition coefficient (Wildman–Crippen LogP) is 2.47. The van der Waals surface area contributed by atoms with E-state index in [9.17, 15) is 33.6 Å². The number of carbonyl (C=O) groups is 6. The Morgan fingerprint density at radius 1 is 0.939 bits per heavy atom. The fraction of sp³-hybridized carbons (Fsp3) is 0.646. The molecule has 0 saturated heterocycles. The molecular formula is C48H91N9NaO8-. The molecule has 2 amide bonds. The molecule has 378 valence electrons. The van der Waals surface area contributed by atoms with Crippen LogP contribution in [0.15, 0.2) is 41.2 Å². The van der Waals surface area contributed by atoms with Gasteiger partial charge in [0.15, 0.2) is 5.96 Å². The monoisotopic (exact) mass is 945 g/mol. The van der Waals surface area contributed by atoms with Gasteiger partial charge in [-0.1, -0.05) is 110 Å². The number of hydrazine groups is 1. The Balaban J connectivity index is -0.000000127. The molecule has 0 saturated carbocycles. The number of ketones is 2. The minimum absolute atomic E-state index is 0. The first-order valence-electron chi connectivity index (χ1n) is 22.5. The third-order valence-electron chi connectivity index (χ3n) is 8.51. The number of unbranched alkanes of at least 4 members (excludes halogenated alkanes) is 2. The largest absolute Gasteiger partial charge is 1.00 e. The maximum atomic E-state index is 10.8. The maximum absolute atomic E-state index is 10.8. The molecule has 12 N–H and O–H groups in total. The number of amides is 2. The van der Waals surface area contributed by atoms with E-state index >= 15 is 0 Å². The molecule has 0 heterocycles. The first kappa shape index (κ1) is 76.0. The van der Waals surface area contributed by atoms with Crippen LogP contribution in [0.3, 0.4) is 0 Å². The van der Waals surface area contributed by atoms with Gasteiger partial charge < -0.3 is 69.4 Å². The smallest absolute Gasteiger partial charge is 0.542 e. The molecule has 0 aliphatic rings. The molecule has 0 aliphatic carbocycles. The van der Waals surface area contributed by atoms with Gasteiger partial charge in [-0.05, 0) is 78.8 Å². The van der Waals surface area contributed by atoms with Crippen LogP contribution >= 0.6 is 0 Å². The summed E-state index contributed by atoms with van der Waals surface area (Å²) in [5, 5.41) is 17.3. The van der Waals surface area contributed by atoms with E-state index in [0.29, 0.717) is 43.2 Å². The second-order valence-electron chi connectivity index (χ2n) is 15.3. The quantitative estimate of drug-likeness (QED) is 0.0102. The number of Topliss-reactive ketones (excluding diaryl/α,β-unsaturated/α-hetero) is 2. The number of guanidine groups is 1. The maximum Gasteiger partial charge on any atom is 1.00 e. The zero-order valence-electron chi connectivity index (χ0n) is 43.3. The Bertz CT molecular complexity index is 1380. The van der Waals surface area contributed by atoms with E-state index in [2.05, 4.69) is 86.1 Å². The summed E-state index contributed by atoms with van der Waals surface area (Å²) in [6, 6.07) is 8.45. The Morgan fingerprint density at radius 3 is 1.83 bits per heavy atom. The molecule has 0 fully saturated rings. The topological polar surface area (TPSA) is 295 Å². The van der Waals surface area contributed by atoms with Crippen LogP contribution in [0, 0.1) is 31.6 Å². The third-order valence-corrected chi connectivity index (χ3v) is 8.51. The van der Waals surface area contributed by atoms with Gasteiger partial charge in [0.1, 0.15) is 17.9 Å². The number of likely N-dealkylation sites (N-methyl/N-ethyl adjacent to an activating group) is 1. The number of nitrogens with one attached hydrogen (secondary N) is 3. The number of nitrogens with zero attached hydrogens (tertiary/aromatic N) is 2. The number of aliphatic imine (C=N–C) groups is 1. The number of hydrogen-bond acceptors (Lipinski definition) is 12. The summed E-state index contributed by atoms with van der Waals surface area (Å²) in [6.07, 6.45) is 13.6. The first-order chi connectivity index (χ1) is 30.5. The predicted molar refractivity (Wildman–Crippen MR) is 267 cm³/mol. The van der Waals surface area contributed by atoms with E-state index in [1.54, 1.807) is 38.9 Å². The van der Waals surface area contributed by atoms with Crippen molar-refractivity contribution in [3.8, 4) is 0 Å². The van der Waals surface area contributed by atoms with Gasteiger partial charge in [-0.25, -0.2) is 5.84 Å². The summed E-state index contributed by atoms with van der Waals surface area (Å²) in [4.78, 5) is 74.7. The van der Waals surface area contributed by atoms with Gasteiger partial charge in [-0.3, -0.25) is 25.7 Å². The minimum Gasteiger partial charge on any atom is -0.542 e. The van der Waals surface area contributed by atoms with Crippen LogP contribution in [0.2, 0.25) is 0 Å². The normalized spacial score (nSPS) is 11.4. The second kappa shape index (κ2) is 55.0. The number of aldehydes is 1. The van der Waals surface area contributed by atoms with Crippen molar-refractivity contribution >= 4 is 48.4 Å². The molecular weight excluding hydrogens is 854 g/mol. The van der Waals surface area contributed by atoms with Gasteiger partial charge in [0.05, 0.1) is 24.9 Å². The molecule has 0 aromatic heterocycles. The van der Waals surface area contributed by atoms with Crippen LogP contribution in [0.5, 0.6) is 0 Å². The summed E-state index contributed by atoms with van der Waals surface area (Å²) in [5.41, 5.74) is 19.3. The van der Waals surface area contributed by atoms with Crippen molar-refractivity contribution in [2.75, 3.05) is 26.7 Å². The number of carbonyl (C=O) groups excluding carboxylic acids is 6. The summed E-state index contributed by atoms with van der Waals surface area (Å²) < 4.78 is 0. The average Bonchev–Trinajstić information content (AvgIpc) is 3.21. The van der Waals surface area contributed by atoms with E-state index in [-0.39, 0.29) is 78.1 Å². The molecule has 17 nitrogen and oxygen atoms in total. The van der Waals surface area contributed by atoms with Crippen LogP contribution in [-0.2, 0) is 40.0 Å². The summed E-state index contributed by atoms with van der Waals surface area (Å²) in [7, 11) is 1.81. The molecule has 0 spiro atoms. The summed E-state index contributed by atoms with van der Waals surface area (Å²) in [5.74, 6) is 5.64. The summed E-state index contributed by atoms with van der Waals surface area (Å²) >= 11 is 0. The number of aryl methyl sites for hydroxylation is 2. The van der Waals surface area contributed by atoms with Gasteiger partial charge >= 0.3 is 35.5 Å². The molecule has 1 rings (SSSR count). The molecule has 0 bridgehead atoms. The number of hydrogen-bond donors (Lipinski definition) is 8. The van der Waals surface area contributed by atoms with E-state index in [1.807, 2.05) is 34.7 Å². The molecule has 0 radical (unpaired) electrons. The van der Waals surface area contributed by atoms with Crippen molar-refractivity contribution in [1.29, 1.82) is 0 Å². The third kappa shape index (κ3) is 64.0. The second-order valence-corrected chi connectivity index (χ2v) is 15.3. The number of rotatable bonds is 25. The van der Waals surface area contributed by atoms with Crippen molar-refractivity contribution < 1.29 is 68.2 Å². The van der Waals surface area contributed by atoms with Crippen molar-refractivity contribution in [2.24, 2.45) is 45.8 Å². The van der Waals surface area contributed by atoms with Gasteiger partial charge in [0.25, 0.3) is 0 Å². The van der Waals surface area contributed by atoms with Crippen LogP contribution < -0.4 is 68.6 Å². The van der Waals surface area contributed by atoms with Crippen LogP contribution in [0.4, 0.5) is 0 Å². The fourth-order valence-corrected chi connectivity index (χ4v) is 5.17. The van der Waals surface area contributed by atoms with Crippen molar-refractivity contribution in [1.82, 2.24) is 21.0 Å². The molecule has 1 aromatic rings. The number of allylic oxidation sites excluding steroid dienone is 1. The Hall–Kier alpha value is -4.29. The van der Waals surface area contributed by atoms with Gasteiger partial charge in [0, 0.05) is 37.4 Å². The molecule has 0 aliphatic heterocycles. The van der Waals surface area contributed by atoms with Crippen LogP contribution in [-0.4, -0.2) is 97.3 Å². The molecule has 1 aromatic carbocycles. The van der Waals surface area contributed by atoms with Crippen molar-refractivity contribution in [2.45, 2.75) is 159 Å². The van der Waals surface area contributed by atoms with Gasteiger partial charge in [0.2, 0.25) is 6.41 Å². The number of aliphatic carboxylic acids is 1. The van der Waals surface area contributed by atoms with E-state index in [0.717, 1.165) is 45.1 Å². The molecule has 4 atom stereocenters. The van der Waals surface area contributed by atoms with E-state index in [4.69, 9.17) is 28.2 Å². The van der Waals surface area contributed by atoms with Crippen LogP contribution in [0.25, 0.3) is 0 Å². The van der Waals surface area contributed by atoms with Gasteiger partial charge in [-0.2, -0.15) is 0 Å². The Morgan fingerprint density at radius 2 is 1.50 bits per heavy atom. The van der Waals surface area contributed by atoms with Crippen molar-refractivity contribution in [3.05, 3.63) is 54.2 Å². The van der Waals surface area contributed by atoms with Gasteiger partial charge in [-0.15, -0.1) is 5.92 Å². The average molecular weight is 945 g/mol. The van der Waals surface area contributed by atoms with E-state index in [1.165, 1.54) is 24.0 Å². The number of nitrogens with two attached hydrogens (primary N) is 4. The molecule has 4 unspecified atom stereocenters. The number of carboxylic acid groups (broad SMARTS) is 1. The first-order valence-corrected chi connectivity index (χ1v) is 22.5. The fourth-order valence-electron chi connectivity index (χ4n) is 5.17. The van der Waals surface area contributed by atoms with Crippen LogP contribution in [0.1, 0.15) is 145 Å². The minimum atomic E-state index is -0.929. The van der Waals surface area contributed by atoms with Crippen molar-refractivity contribution in [3.63, 3.8) is 0 Å². The zero-order valence-corrected chi connectivity index (χ0v) is 45.3. The molecule has 66 heavy (non-hydrogen) atoms. The number of benzene rings is 1. The number of carboxylic acids is 1. The molecule has 18 heteroatoms. The Labute approximate surface area is 421 Å². The Kier molecular flexibility index (Phi) is 63.4. The summed E-state index contributed by atoms with van der Waals surface area (Å²) in [6.45, 7) is 27.7. The zero-order chi connectivity index (χ0) is 51.8. The van der Waals surface area contributed by atoms with E-state index < -0.39 is 11.9 Å².